The molecule has 0 aliphatic rings. The molecule has 3 N–H and O–H groups in total. The lowest BCUT2D eigenvalue weighted by Crippen LogP contribution is -3.00. The maximum atomic E-state index is 11.5. The Bertz CT molecular complexity index is 929. The molecule has 3 rings (SSSR count). The lowest BCUT2D eigenvalue weighted by molar-refractivity contribution is -0.0000213. The van der Waals surface area contributed by atoms with Crippen LogP contribution < -0.4 is 17.7 Å². The fraction of sp³-hybridized carbons (Fsp3) is 0.0588. The molecule has 24 heavy (non-hydrogen) atoms. The molecular weight excluding hydrogens is 351 g/mol. The van der Waals surface area contributed by atoms with Crippen molar-refractivity contribution in [1.29, 1.82) is 0 Å². The van der Waals surface area contributed by atoms with Crippen LogP contribution in [0.2, 0.25) is 5.02 Å². The summed E-state index contributed by atoms with van der Waals surface area (Å²) in [6.07, 6.45) is 1.30. The highest BCUT2D eigenvalue weighted by Crippen LogP contribution is 2.33. The number of phenols is 1. The van der Waals surface area contributed by atoms with E-state index in [1.165, 1.54) is 18.3 Å². The smallest absolute Gasteiger partial charge is 0.339 e. The number of nitrogens with zero attached hydrogens (tertiary/aromatic N) is 1. The van der Waals surface area contributed by atoms with E-state index in [1.807, 2.05) is 6.92 Å². The van der Waals surface area contributed by atoms with Gasteiger partial charge in [0.05, 0.1) is 11.2 Å². The van der Waals surface area contributed by atoms with Crippen molar-refractivity contribution < 1.29 is 27.4 Å². The van der Waals surface area contributed by atoms with Crippen LogP contribution in [0.15, 0.2) is 42.6 Å². The Balaban J connectivity index is 0.00000208. The molecule has 1 heterocycles. The summed E-state index contributed by atoms with van der Waals surface area (Å²) in [5.41, 5.74) is 2.44. The number of carboxylic acids is 1. The number of benzene rings is 2. The number of phenolic OH excluding ortho intramolecular Hbond substituents is 1. The SMILES string of the molecule is Cc1c(Cl)ccc2c(Nc3cccc(O)c3)c(C(=O)O)cnc12.[Cl-]. The largest absolute Gasteiger partial charge is 1.00 e. The maximum Gasteiger partial charge on any atom is 0.339 e. The van der Waals surface area contributed by atoms with Crippen molar-refractivity contribution in [3.8, 4) is 5.75 Å². The van der Waals surface area contributed by atoms with E-state index in [4.69, 9.17) is 11.6 Å². The summed E-state index contributed by atoms with van der Waals surface area (Å²) < 4.78 is 0. The van der Waals surface area contributed by atoms with Crippen LogP contribution in [-0.4, -0.2) is 21.2 Å². The van der Waals surface area contributed by atoms with Gasteiger partial charge in [-0.15, -0.1) is 0 Å². The number of halogens is 2. The molecule has 0 radical (unpaired) electrons. The molecule has 0 aliphatic heterocycles. The van der Waals surface area contributed by atoms with Gasteiger partial charge >= 0.3 is 5.97 Å². The highest BCUT2D eigenvalue weighted by molar-refractivity contribution is 6.32. The molecule has 0 fully saturated rings. The molecule has 0 unspecified atom stereocenters. The minimum Gasteiger partial charge on any atom is -1.00 e. The predicted octanol–water partition coefficient (Wildman–Crippen LogP) is 1.35. The zero-order valence-corrected chi connectivity index (χ0v) is 14.1. The number of fused-ring (bicyclic) bond motifs is 1. The second kappa shape index (κ2) is 6.95. The number of aryl methyl sites for hydroxylation is 1. The van der Waals surface area contributed by atoms with Crippen molar-refractivity contribution >= 4 is 39.8 Å². The highest BCUT2D eigenvalue weighted by atomic mass is 35.5. The van der Waals surface area contributed by atoms with Crippen LogP contribution >= 0.6 is 11.6 Å². The van der Waals surface area contributed by atoms with Gasteiger partial charge in [-0.25, -0.2) is 4.79 Å². The number of pyridine rings is 1. The molecular formula is C17H13Cl2N2O3-. The van der Waals surface area contributed by atoms with Gasteiger partial charge in [0.1, 0.15) is 11.3 Å². The fourth-order valence-electron chi connectivity index (χ4n) is 2.41. The van der Waals surface area contributed by atoms with Crippen molar-refractivity contribution in [1.82, 2.24) is 4.98 Å². The number of hydrogen-bond acceptors (Lipinski definition) is 4. The summed E-state index contributed by atoms with van der Waals surface area (Å²) in [4.78, 5) is 15.7. The van der Waals surface area contributed by atoms with Crippen LogP contribution in [0, 0.1) is 6.92 Å². The number of carboxylic acid groups (broad SMARTS) is 1. The first-order valence-electron chi connectivity index (χ1n) is 6.84. The van der Waals surface area contributed by atoms with Gasteiger partial charge in [0.2, 0.25) is 0 Å². The molecule has 0 bridgehead atoms. The van der Waals surface area contributed by atoms with Gasteiger partial charge in [0, 0.05) is 28.4 Å². The van der Waals surface area contributed by atoms with E-state index in [2.05, 4.69) is 10.3 Å². The summed E-state index contributed by atoms with van der Waals surface area (Å²) in [6.45, 7) is 1.83. The Hall–Kier alpha value is -2.50. The van der Waals surface area contributed by atoms with Gasteiger partial charge in [-0.2, -0.15) is 0 Å². The van der Waals surface area contributed by atoms with Crippen molar-refractivity contribution in [2.24, 2.45) is 0 Å². The van der Waals surface area contributed by atoms with E-state index in [-0.39, 0.29) is 23.7 Å². The van der Waals surface area contributed by atoms with Gasteiger partial charge in [-0.1, -0.05) is 17.7 Å². The second-order valence-corrected chi connectivity index (χ2v) is 5.50. The third kappa shape index (κ3) is 3.22. The van der Waals surface area contributed by atoms with Crippen molar-refractivity contribution in [2.45, 2.75) is 6.92 Å². The Morgan fingerprint density at radius 2 is 2.00 bits per heavy atom. The van der Waals surface area contributed by atoms with Crippen molar-refractivity contribution in [3.05, 3.63) is 58.7 Å². The van der Waals surface area contributed by atoms with E-state index >= 15 is 0 Å². The normalized spacial score (nSPS) is 10.2. The molecule has 1 aromatic heterocycles. The maximum absolute atomic E-state index is 11.5. The number of rotatable bonds is 3. The summed E-state index contributed by atoms with van der Waals surface area (Å²) in [5.74, 6) is -1.00. The van der Waals surface area contributed by atoms with Crippen LogP contribution in [0.4, 0.5) is 11.4 Å². The summed E-state index contributed by atoms with van der Waals surface area (Å²) in [7, 11) is 0. The molecule has 0 atom stereocenters. The zero-order valence-electron chi connectivity index (χ0n) is 12.5. The Morgan fingerprint density at radius 3 is 2.67 bits per heavy atom. The Morgan fingerprint density at radius 1 is 1.25 bits per heavy atom. The molecule has 7 heteroatoms. The predicted molar refractivity (Wildman–Crippen MR) is 89.8 cm³/mol. The Kier molecular flexibility index (Phi) is 5.17. The van der Waals surface area contributed by atoms with Crippen molar-refractivity contribution in [3.63, 3.8) is 0 Å². The monoisotopic (exact) mass is 363 g/mol. The number of aromatic nitrogens is 1. The van der Waals surface area contributed by atoms with E-state index < -0.39 is 5.97 Å². The molecule has 0 saturated heterocycles. The van der Waals surface area contributed by atoms with Gasteiger partial charge < -0.3 is 27.9 Å². The molecule has 3 aromatic rings. The van der Waals surface area contributed by atoms with E-state index in [1.54, 1.807) is 24.3 Å². The van der Waals surface area contributed by atoms with E-state index in [0.29, 0.717) is 27.3 Å². The first kappa shape index (κ1) is 17.8. The standard InChI is InChI=1S/C17H13ClN2O3.ClH/c1-9-14(18)6-5-12-15(9)19-8-13(17(22)23)16(12)20-10-3-2-4-11(21)7-10;/h2-8,21H,1H3,(H,19,20)(H,22,23);1H/p-1. The summed E-state index contributed by atoms with van der Waals surface area (Å²) in [5, 5.41) is 23.3. The Labute approximate surface area is 149 Å². The van der Waals surface area contributed by atoms with E-state index in [0.717, 1.165) is 5.56 Å². The van der Waals surface area contributed by atoms with Gasteiger partial charge in [-0.05, 0) is 36.8 Å². The molecule has 0 amide bonds. The number of nitrogens with one attached hydrogen (secondary N) is 1. The molecule has 124 valence electrons. The number of aromatic carboxylic acids is 1. The molecule has 0 spiro atoms. The van der Waals surface area contributed by atoms with Gasteiger partial charge in [-0.3, -0.25) is 4.98 Å². The molecule has 5 nitrogen and oxygen atoms in total. The average Bonchev–Trinajstić information content (AvgIpc) is 2.51. The van der Waals surface area contributed by atoms with Crippen molar-refractivity contribution in [2.75, 3.05) is 5.32 Å². The second-order valence-electron chi connectivity index (χ2n) is 5.10. The van der Waals surface area contributed by atoms with E-state index in [9.17, 15) is 15.0 Å². The zero-order chi connectivity index (χ0) is 16.6. The lowest BCUT2D eigenvalue weighted by Gasteiger charge is -2.14. The topological polar surface area (TPSA) is 82.5 Å². The van der Waals surface area contributed by atoms with Crippen LogP contribution in [-0.2, 0) is 0 Å². The first-order chi connectivity index (χ1) is 11.0. The van der Waals surface area contributed by atoms with Crippen LogP contribution in [0.1, 0.15) is 15.9 Å². The highest BCUT2D eigenvalue weighted by Gasteiger charge is 2.16. The third-order valence-electron chi connectivity index (χ3n) is 3.57. The molecule has 0 saturated carbocycles. The summed E-state index contributed by atoms with van der Waals surface area (Å²) in [6, 6.07) is 9.90. The summed E-state index contributed by atoms with van der Waals surface area (Å²) >= 11 is 6.11. The molecule has 0 aliphatic carbocycles. The fourth-order valence-corrected chi connectivity index (χ4v) is 2.56. The first-order valence-corrected chi connectivity index (χ1v) is 7.22. The number of hydrogen-bond donors (Lipinski definition) is 3. The van der Waals surface area contributed by atoms with Crippen LogP contribution in [0.3, 0.4) is 0 Å². The average molecular weight is 364 g/mol. The number of anilines is 2. The number of aromatic hydroxyl groups is 1. The van der Waals surface area contributed by atoms with Gasteiger partial charge in [0.25, 0.3) is 0 Å². The molecule has 2 aromatic carbocycles. The minimum absolute atomic E-state index is 0. The van der Waals surface area contributed by atoms with Gasteiger partial charge in [0.15, 0.2) is 0 Å². The third-order valence-corrected chi connectivity index (χ3v) is 3.98. The minimum atomic E-state index is -1.09. The quantitative estimate of drug-likeness (QED) is 0.654. The number of carbonyl (C=O) groups is 1. The van der Waals surface area contributed by atoms with Crippen LogP contribution in [0.5, 0.6) is 5.75 Å². The lowest BCUT2D eigenvalue weighted by atomic mass is 10.1. The van der Waals surface area contributed by atoms with Crippen LogP contribution in [0.25, 0.3) is 10.9 Å².